The Kier molecular flexibility index (Phi) is 5.26. The van der Waals surface area contributed by atoms with Crippen molar-refractivity contribution in [1.29, 1.82) is 0 Å². The normalized spacial score (nSPS) is 30.2. The maximum absolute atomic E-state index is 12.1. The number of carbonyl (C=O) groups is 2. The van der Waals surface area contributed by atoms with Gasteiger partial charge in [-0.2, -0.15) is 0 Å². The summed E-state index contributed by atoms with van der Waals surface area (Å²) in [6, 6.07) is -0.835. The number of carboxylic acid groups (broad SMARTS) is 1. The molecule has 1 aliphatic carbocycles. The van der Waals surface area contributed by atoms with Crippen LogP contribution in [0.15, 0.2) is 0 Å². The van der Waals surface area contributed by atoms with Gasteiger partial charge in [0.25, 0.3) is 0 Å². The highest BCUT2D eigenvalue weighted by molar-refractivity contribution is 5.83. The maximum atomic E-state index is 12.1. The molecule has 1 atom stereocenters. The molecule has 20 heavy (non-hydrogen) atoms. The van der Waals surface area contributed by atoms with Crippen molar-refractivity contribution < 1.29 is 14.7 Å². The van der Waals surface area contributed by atoms with Gasteiger partial charge in [0, 0.05) is 13.1 Å². The van der Waals surface area contributed by atoms with Crippen LogP contribution in [0.3, 0.4) is 0 Å². The quantitative estimate of drug-likeness (QED) is 0.832. The molecule has 114 valence electrons. The minimum atomic E-state index is -0.888. The summed E-state index contributed by atoms with van der Waals surface area (Å²) >= 11 is 0. The summed E-state index contributed by atoms with van der Waals surface area (Å²) < 4.78 is 0. The van der Waals surface area contributed by atoms with E-state index in [0.717, 1.165) is 12.3 Å². The third kappa shape index (κ3) is 3.64. The van der Waals surface area contributed by atoms with Crippen molar-refractivity contribution in [2.75, 3.05) is 13.1 Å². The molecule has 5 nitrogen and oxygen atoms in total. The Morgan fingerprint density at radius 3 is 2.40 bits per heavy atom. The van der Waals surface area contributed by atoms with Gasteiger partial charge < -0.3 is 15.3 Å². The summed E-state index contributed by atoms with van der Waals surface area (Å²) in [6.45, 7) is 3.50. The molecule has 0 spiro atoms. The molecular weight excluding hydrogens is 256 g/mol. The number of carbonyl (C=O) groups excluding carboxylic acids is 1. The van der Waals surface area contributed by atoms with E-state index in [1.807, 2.05) is 0 Å². The molecule has 2 N–H and O–H groups in total. The van der Waals surface area contributed by atoms with Crippen molar-refractivity contribution in [3.05, 3.63) is 0 Å². The molecular formula is C15H26N2O3. The highest BCUT2D eigenvalue weighted by atomic mass is 16.4. The fraction of sp³-hybridized carbons (Fsp3) is 0.867. The van der Waals surface area contributed by atoms with E-state index < -0.39 is 12.0 Å². The van der Waals surface area contributed by atoms with E-state index in [2.05, 4.69) is 12.2 Å². The molecule has 2 amide bonds. The number of likely N-dealkylation sites (tertiary alicyclic amines) is 1. The lowest BCUT2D eigenvalue weighted by Crippen LogP contribution is -2.47. The SMILES string of the molecule is CCC1CCC(CNC(=O)N2CCC[C@H]2C(=O)O)CC1. The molecule has 1 saturated heterocycles. The standard InChI is InChI=1S/C15H26N2O3/c1-2-11-5-7-12(8-6-11)10-16-15(20)17-9-3-4-13(17)14(18)19/h11-13H,2-10H2,1H3,(H,16,20)(H,18,19)/t11?,12?,13-/m0/s1. The van der Waals surface area contributed by atoms with Crippen molar-refractivity contribution in [1.82, 2.24) is 10.2 Å². The second-order valence-electron chi connectivity index (χ2n) is 6.17. The molecule has 0 aromatic rings. The molecule has 1 heterocycles. The predicted molar refractivity (Wildman–Crippen MR) is 76.5 cm³/mol. The highest BCUT2D eigenvalue weighted by Crippen LogP contribution is 2.30. The van der Waals surface area contributed by atoms with E-state index in [1.165, 1.54) is 37.0 Å². The Bertz CT molecular complexity index is 351. The fourth-order valence-corrected chi connectivity index (χ4v) is 3.44. The van der Waals surface area contributed by atoms with E-state index in [0.29, 0.717) is 25.4 Å². The molecule has 1 saturated carbocycles. The van der Waals surface area contributed by atoms with Gasteiger partial charge in [0.05, 0.1) is 0 Å². The van der Waals surface area contributed by atoms with Crippen molar-refractivity contribution >= 4 is 12.0 Å². The molecule has 2 fully saturated rings. The Morgan fingerprint density at radius 1 is 1.15 bits per heavy atom. The monoisotopic (exact) mass is 282 g/mol. The van der Waals surface area contributed by atoms with Gasteiger partial charge in [-0.15, -0.1) is 0 Å². The zero-order valence-corrected chi connectivity index (χ0v) is 12.3. The summed E-state index contributed by atoms with van der Waals surface area (Å²) in [5, 5.41) is 12.0. The molecule has 0 aromatic heterocycles. The van der Waals surface area contributed by atoms with E-state index in [4.69, 9.17) is 5.11 Å². The second kappa shape index (κ2) is 6.95. The number of carboxylic acids is 1. The topological polar surface area (TPSA) is 69.6 Å². The molecule has 0 radical (unpaired) electrons. The molecule has 0 aromatic carbocycles. The number of nitrogens with one attached hydrogen (secondary N) is 1. The molecule has 5 heteroatoms. The summed E-state index contributed by atoms with van der Waals surface area (Å²) in [6.07, 6.45) is 7.50. The van der Waals surface area contributed by atoms with Crippen molar-refractivity contribution in [2.24, 2.45) is 11.8 Å². The first-order chi connectivity index (χ1) is 9.61. The first kappa shape index (κ1) is 15.1. The number of hydrogen-bond acceptors (Lipinski definition) is 2. The third-order valence-corrected chi connectivity index (χ3v) is 4.88. The fourth-order valence-electron chi connectivity index (χ4n) is 3.44. The van der Waals surface area contributed by atoms with Gasteiger partial charge >= 0.3 is 12.0 Å². The van der Waals surface area contributed by atoms with Crippen molar-refractivity contribution in [3.63, 3.8) is 0 Å². The largest absolute Gasteiger partial charge is 0.480 e. The average Bonchev–Trinajstić information content (AvgIpc) is 2.95. The van der Waals surface area contributed by atoms with Gasteiger partial charge in [0.1, 0.15) is 6.04 Å². The van der Waals surface area contributed by atoms with Crippen molar-refractivity contribution in [3.8, 4) is 0 Å². The lowest BCUT2D eigenvalue weighted by molar-refractivity contribution is -0.141. The average molecular weight is 282 g/mol. The Hall–Kier alpha value is -1.26. The minimum Gasteiger partial charge on any atom is -0.480 e. The minimum absolute atomic E-state index is 0.201. The van der Waals surface area contributed by atoms with Crippen LogP contribution < -0.4 is 5.32 Å². The van der Waals surface area contributed by atoms with Crippen LogP contribution in [0.4, 0.5) is 4.79 Å². The van der Waals surface area contributed by atoms with E-state index in [-0.39, 0.29) is 6.03 Å². The third-order valence-electron chi connectivity index (χ3n) is 4.88. The number of nitrogens with zero attached hydrogens (tertiary/aromatic N) is 1. The van der Waals surface area contributed by atoms with Crippen LogP contribution in [0.2, 0.25) is 0 Å². The van der Waals surface area contributed by atoms with Gasteiger partial charge in [-0.3, -0.25) is 0 Å². The molecule has 0 bridgehead atoms. The summed E-state index contributed by atoms with van der Waals surface area (Å²) in [5.74, 6) is 0.533. The molecule has 2 aliphatic rings. The van der Waals surface area contributed by atoms with Crippen LogP contribution in [0.5, 0.6) is 0 Å². The van der Waals surface area contributed by atoms with E-state index in [1.54, 1.807) is 0 Å². The van der Waals surface area contributed by atoms with E-state index >= 15 is 0 Å². The summed E-state index contributed by atoms with van der Waals surface area (Å²) in [7, 11) is 0. The van der Waals surface area contributed by atoms with Gasteiger partial charge in [-0.05, 0) is 37.5 Å². The summed E-state index contributed by atoms with van der Waals surface area (Å²) in [5.41, 5.74) is 0. The Morgan fingerprint density at radius 2 is 1.80 bits per heavy atom. The van der Waals surface area contributed by atoms with Gasteiger partial charge in [0.2, 0.25) is 0 Å². The maximum Gasteiger partial charge on any atom is 0.326 e. The Balaban J connectivity index is 1.74. The van der Waals surface area contributed by atoms with E-state index in [9.17, 15) is 9.59 Å². The molecule has 0 unspecified atom stereocenters. The predicted octanol–water partition coefficient (Wildman–Crippen LogP) is 2.46. The number of rotatable bonds is 4. The number of amides is 2. The van der Waals surface area contributed by atoms with Gasteiger partial charge in [-0.1, -0.05) is 26.2 Å². The van der Waals surface area contributed by atoms with Crippen LogP contribution >= 0.6 is 0 Å². The Labute approximate surface area is 120 Å². The van der Waals surface area contributed by atoms with Crippen LogP contribution in [0.1, 0.15) is 51.9 Å². The lowest BCUT2D eigenvalue weighted by atomic mass is 9.81. The lowest BCUT2D eigenvalue weighted by Gasteiger charge is -2.29. The highest BCUT2D eigenvalue weighted by Gasteiger charge is 2.34. The van der Waals surface area contributed by atoms with Gasteiger partial charge in [0.15, 0.2) is 0 Å². The zero-order valence-electron chi connectivity index (χ0n) is 12.3. The number of urea groups is 1. The van der Waals surface area contributed by atoms with Crippen LogP contribution in [-0.4, -0.2) is 41.1 Å². The number of aliphatic carboxylic acids is 1. The first-order valence-corrected chi connectivity index (χ1v) is 7.89. The second-order valence-corrected chi connectivity index (χ2v) is 6.17. The van der Waals surface area contributed by atoms with Crippen LogP contribution in [0, 0.1) is 11.8 Å². The molecule has 2 rings (SSSR count). The van der Waals surface area contributed by atoms with Crippen LogP contribution in [-0.2, 0) is 4.79 Å². The number of hydrogen-bond donors (Lipinski definition) is 2. The van der Waals surface area contributed by atoms with Crippen LogP contribution in [0.25, 0.3) is 0 Å². The zero-order chi connectivity index (χ0) is 14.5. The van der Waals surface area contributed by atoms with Crippen molar-refractivity contribution in [2.45, 2.75) is 57.9 Å². The summed E-state index contributed by atoms with van der Waals surface area (Å²) in [4.78, 5) is 24.6. The van der Waals surface area contributed by atoms with Gasteiger partial charge in [-0.25, -0.2) is 9.59 Å². The first-order valence-electron chi connectivity index (χ1n) is 7.89. The molecule has 1 aliphatic heterocycles. The smallest absolute Gasteiger partial charge is 0.326 e.